The number of aromatic nitrogens is 2. The van der Waals surface area contributed by atoms with E-state index in [1.165, 1.54) is 12.1 Å². The highest BCUT2D eigenvalue weighted by atomic mass is 32.2. The van der Waals surface area contributed by atoms with Gasteiger partial charge in [0, 0.05) is 18.7 Å². The maximum atomic E-state index is 13.2. The zero-order valence-electron chi connectivity index (χ0n) is 14.6. The van der Waals surface area contributed by atoms with Gasteiger partial charge < -0.3 is 10.1 Å². The molecule has 1 amide bonds. The lowest BCUT2D eigenvalue weighted by Crippen LogP contribution is -2.32. The van der Waals surface area contributed by atoms with Crippen LogP contribution in [0.2, 0.25) is 0 Å². The van der Waals surface area contributed by atoms with Crippen LogP contribution >= 0.6 is 11.8 Å². The van der Waals surface area contributed by atoms with Gasteiger partial charge in [-0.1, -0.05) is 11.8 Å². The Morgan fingerprint density at radius 1 is 1.25 bits per heavy atom. The van der Waals surface area contributed by atoms with Crippen molar-refractivity contribution in [2.45, 2.75) is 30.3 Å². The van der Waals surface area contributed by atoms with Crippen LogP contribution in [0, 0.1) is 5.82 Å². The van der Waals surface area contributed by atoms with Crippen molar-refractivity contribution >= 4 is 17.7 Å². The van der Waals surface area contributed by atoms with Crippen LogP contribution < -0.4 is 5.32 Å². The van der Waals surface area contributed by atoms with E-state index in [2.05, 4.69) is 15.3 Å². The van der Waals surface area contributed by atoms with Crippen molar-refractivity contribution in [3.8, 4) is 11.3 Å². The highest BCUT2D eigenvalue weighted by molar-refractivity contribution is 7.99. The molecule has 0 bridgehead atoms. The van der Waals surface area contributed by atoms with Crippen LogP contribution in [0.1, 0.15) is 18.5 Å². The SMILES string of the molecule is O=C(CSc1nc(-c2ccc(F)cc2)cc(C(F)(F)F)n1)NC[C@H]1CCCO1. The Morgan fingerprint density at radius 2 is 2.00 bits per heavy atom. The fraction of sp³-hybridized carbons (Fsp3) is 0.389. The zero-order valence-corrected chi connectivity index (χ0v) is 15.4. The summed E-state index contributed by atoms with van der Waals surface area (Å²) < 4.78 is 58.0. The molecule has 2 aromatic rings. The third-order valence-corrected chi connectivity index (χ3v) is 4.87. The van der Waals surface area contributed by atoms with E-state index in [0.717, 1.165) is 42.8 Å². The molecule has 150 valence electrons. The lowest BCUT2D eigenvalue weighted by atomic mass is 10.1. The molecule has 2 heterocycles. The molecule has 0 radical (unpaired) electrons. The van der Waals surface area contributed by atoms with Gasteiger partial charge in [0.2, 0.25) is 5.91 Å². The van der Waals surface area contributed by atoms with Crippen molar-refractivity contribution in [2.24, 2.45) is 0 Å². The van der Waals surface area contributed by atoms with Crippen molar-refractivity contribution in [1.29, 1.82) is 0 Å². The van der Waals surface area contributed by atoms with Gasteiger partial charge in [0.25, 0.3) is 0 Å². The summed E-state index contributed by atoms with van der Waals surface area (Å²) in [7, 11) is 0. The Labute approximate surface area is 162 Å². The Morgan fingerprint density at radius 3 is 2.64 bits per heavy atom. The molecular weight excluding hydrogens is 398 g/mol. The summed E-state index contributed by atoms with van der Waals surface area (Å²) in [4.78, 5) is 19.5. The molecule has 1 aliphatic heterocycles. The van der Waals surface area contributed by atoms with Gasteiger partial charge in [0.05, 0.1) is 17.6 Å². The number of nitrogens with one attached hydrogen (secondary N) is 1. The van der Waals surface area contributed by atoms with Crippen LogP contribution in [0.3, 0.4) is 0 Å². The molecule has 0 spiro atoms. The van der Waals surface area contributed by atoms with E-state index < -0.39 is 17.7 Å². The molecule has 1 aromatic carbocycles. The van der Waals surface area contributed by atoms with Gasteiger partial charge in [-0.25, -0.2) is 14.4 Å². The highest BCUT2D eigenvalue weighted by Crippen LogP contribution is 2.32. The van der Waals surface area contributed by atoms with Gasteiger partial charge in [0.15, 0.2) is 5.16 Å². The van der Waals surface area contributed by atoms with Gasteiger partial charge in [0.1, 0.15) is 11.5 Å². The number of nitrogens with zero attached hydrogens (tertiary/aromatic N) is 2. The molecule has 1 atom stereocenters. The average Bonchev–Trinajstić information content (AvgIpc) is 3.18. The molecule has 0 unspecified atom stereocenters. The Balaban J connectivity index is 1.71. The molecule has 1 aromatic heterocycles. The van der Waals surface area contributed by atoms with Crippen LogP contribution in [-0.2, 0) is 15.7 Å². The molecule has 3 rings (SSSR count). The van der Waals surface area contributed by atoms with Crippen LogP contribution in [0.25, 0.3) is 11.3 Å². The quantitative estimate of drug-likeness (QED) is 0.443. The van der Waals surface area contributed by atoms with Crippen molar-refractivity contribution in [1.82, 2.24) is 15.3 Å². The summed E-state index contributed by atoms with van der Waals surface area (Å²) in [6.07, 6.45) is -2.89. The third kappa shape index (κ3) is 5.65. The van der Waals surface area contributed by atoms with Crippen LogP contribution in [-0.4, -0.2) is 40.9 Å². The number of carbonyl (C=O) groups excluding carboxylic acids is 1. The number of hydrogen-bond donors (Lipinski definition) is 1. The van der Waals surface area contributed by atoms with E-state index in [-0.39, 0.29) is 28.6 Å². The van der Waals surface area contributed by atoms with Crippen LogP contribution in [0.4, 0.5) is 17.6 Å². The normalized spacial score (nSPS) is 16.9. The minimum absolute atomic E-state index is 0.00425. The predicted molar refractivity (Wildman–Crippen MR) is 95.1 cm³/mol. The number of alkyl halides is 3. The number of halogens is 4. The number of amides is 1. The second-order valence-electron chi connectivity index (χ2n) is 6.15. The zero-order chi connectivity index (χ0) is 20.1. The summed E-state index contributed by atoms with van der Waals surface area (Å²) in [5.74, 6) is -0.979. The molecule has 5 nitrogen and oxygen atoms in total. The summed E-state index contributed by atoms with van der Waals surface area (Å²) in [6, 6.07) is 5.74. The topological polar surface area (TPSA) is 64.1 Å². The Hall–Kier alpha value is -2.20. The summed E-state index contributed by atoms with van der Waals surface area (Å²) in [6.45, 7) is 1.03. The van der Waals surface area contributed by atoms with E-state index in [0.29, 0.717) is 18.7 Å². The fourth-order valence-corrected chi connectivity index (χ4v) is 3.31. The molecular formula is C18H17F4N3O2S. The molecule has 1 fully saturated rings. The van der Waals surface area contributed by atoms with Crippen LogP contribution in [0.15, 0.2) is 35.5 Å². The first-order valence-electron chi connectivity index (χ1n) is 8.54. The Bertz CT molecular complexity index is 825. The van der Waals surface area contributed by atoms with Gasteiger partial charge in [-0.05, 0) is 43.2 Å². The largest absolute Gasteiger partial charge is 0.433 e. The number of carbonyl (C=O) groups is 1. The van der Waals surface area contributed by atoms with E-state index in [4.69, 9.17) is 4.74 Å². The van der Waals surface area contributed by atoms with Crippen molar-refractivity contribution in [3.05, 3.63) is 41.8 Å². The minimum Gasteiger partial charge on any atom is -0.376 e. The monoisotopic (exact) mass is 415 g/mol. The van der Waals surface area contributed by atoms with E-state index in [1.807, 2.05) is 0 Å². The second kappa shape index (κ2) is 8.87. The number of rotatable bonds is 6. The highest BCUT2D eigenvalue weighted by Gasteiger charge is 2.34. The van der Waals surface area contributed by atoms with E-state index in [9.17, 15) is 22.4 Å². The van der Waals surface area contributed by atoms with Gasteiger partial charge in [-0.15, -0.1) is 0 Å². The summed E-state index contributed by atoms with van der Waals surface area (Å²) in [5, 5.41) is 2.51. The molecule has 1 aliphatic rings. The first-order chi connectivity index (χ1) is 13.3. The van der Waals surface area contributed by atoms with E-state index >= 15 is 0 Å². The minimum atomic E-state index is -4.67. The van der Waals surface area contributed by atoms with Crippen molar-refractivity contribution < 1.29 is 27.1 Å². The third-order valence-electron chi connectivity index (χ3n) is 4.02. The molecule has 28 heavy (non-hydrogen) atoms. The summed E-state index contributed by atoms with van der Waals surface area (Å²) >= 11 is 0.804. The van der Waals surface area contributed by atoms with Gasteiger partial charge >= 0.3 is 6.18 Å². The molecule has 1 N–H and O–H groups in total. The lowest BCUT2D eigenvalue weighted by Gasteiger charge is -2.12. The maximum absolute atomic E-state index is 13.2. The smallest absolute Gasteiger partial charge is 0.376 e. The Kier molecular flexibility index (Phi) is 6.50. The van der Waals surface area contributed by atoms with Crippen molar-refractivity contribution in [3.63, 3.8) is 0 Å². The molecule has 10 heteroatoms. The number of benzene rings is 1. The molecule has 0 saturated carbocycles. The van der Waals surface area contributed by atoms with E-state index in [1.54, 1.807) is 0 Å². The first-order valence-corrected chi connectivity index (χ1v) is 9.53. The van der Waals surface area contributed by atoms with Gasteiger partial charge in [-0.2, -0.15) is 13.2 Å². The predicted octanol–water partition coefficient (Wildman–Crippen LogP) is 3.69. The molecule has 0 aliphatic carbocycles. The maximum Gasteiger partial charge on any atom is 0.433 e. The number of thioether (sulfide) groups is 1. The molecule has 1 saturated heterocycles. The standard InChI is InChI=1S/C18H17F4N3O2S/c19-12-5-3-11(4-6-12)14-8-15(18(20,21)22)25-17(24-14)28-10-16(26)23-9-13-2-1-7-27-13/h3-6,8,13H,1-2,7,9-10H2,(H,23,26)/t13-/m1/s1. The fourth-order valence-electron chi connectivity index (χ4n) is 2.62. The number of ether oxygens (including phenoxy) is 1. The average molecular weight is 415 g/mol. The number of hydrogen-bond acceptors (Lipinski definition) is 5. The first kappa shape index (κ1) is 20.5. The van der Waals surface area contributed by atoms with Crippen LogP contribution in [0.5, 0.6) is 0 Å². The summed E-state index contributed by atoms with van der Waals surface area (Å²) in [5.41, 5.74) is -0.798. The van der Waals surface area contributed by atoms with Crippen molar-refractivity contribution in [2.75, 3.05) is 18.9 Å². The lowest BCUT2D eigenvalue weighted by molar-refractivity contribution is -0.141. The second-order valence-corrected chi connectivity index (χ2v) is 7.10. The van der Waals surface area contributed by atoms with Gasteiger partial charge in [-0.3, -0.25) is 4.79 Å².